The van der Waals surface area contributed by atoms with Gasteiger partial charge in [-0.1, -0.05) is 15.9 Å². The second kappa shape index (κ2) is 4.32. The van der Waals surface area contributed by atoms with Crippen LogP contribution in [0.1, 0.15) is 24.4 Å². The van der Waals surface area contributed by atoms with Gasteiger partial charge in [0.2, 0.25) is 0 Å². The number of benzene rings is 1. The highest BCUT2D eigenvalue weighted by atomic mass is 79.9. The third-order valence-electron chi connectivity index (χ3n) is 2.59. The number of rotatable bonds is 2. The van der Waals surface area contributed by atoms with Crippen LogP contribution in [0.2, 0.25) is 0 Å². The fraction of sp³-hybridized carbons (Fsp3) is 0.455. The molecule has 2 nitrogen and oxygen atoms in total. The molecule has 0 amide bonds. The van der Waals surface area contributed by atoms with Crippen LogP contribution in [0.3, 0.4) is 0 Å². The molecule has 0 bridgehead atoms. The van der Waals surface area contributed by atoms with Crippen molar-refractivity contribution in [3.63, 3.8) is 0 Å². The minimum atomic E-state index is 0.501. The molecule has 2 rings (SSSR count). The van der Waals surface area contributed by atoms with Crippen molar-refractivity contribution in [2.75, 3.05) is 13.7 Å². The molecule has 1 N–H and O–H groups in total. The summed E-state index contributed by atoms with van der Waals surface area (Å²) < 4.78 is 6.32. The van der Waals surface area contributed by atoms with Crippen LogP contribution in [0.4, 0.5) is 0 Å². The largest absolute Gasteiger partial charge is 0.497 e. The maximum Gasteiger partial charge on any atom is 0.120 e. The number of ether oxygens (including phenoxy) is 1. The number of halogens is 1. The first kappa shape index (κ1) is 9.99. The van der Waals surface area contributed by atoms with E-state index in [-0.39, 0.29) is 0 Å². The van der Waals surface area contributed by atoms with Crippen LogP contribution < -0.4 is 10.1 Å². The molecular weight excluding hydrogens is 242 g/mol. The molecule has 0 spiro atoms. The number of nitrogens with one attached hydrogen (secondary N) is 1. The fourth-order valence-electron chi connectivity index (χ4n) is 1.87. The Bertz CT molecular complexity index is 321. The van der Waals surface area contributed by atoms with Gasteiger partial charge in [-0.05, 0) is 43.1 Å². The molecule has 1 aromatic rings. The second-order valence-corrected chi connectivity index (χ2v) is 4.49. The molecule has 0 unspecified atom stereocenters. The molecule has 1 aromatic carbocycles. The van der Waals surface area contributed by atoms with Crippen molar-refractivity contribution < 1.29 is 4.74 Å². The molecular formula is C11H14BrNO. The Morgan fingerprint density at radius 1 is 1.43 bits per heavy atom. The molecule has 1 heterocycles. The van der Waals surface area contributed by atoms with Crippen molar-refractivity contribution in [2.45, 2.75) is 18.9 Å². The molecule has 0 aromatic heterocycles. The lowest BCUT2D eigenvalue weighted by Crippen LogP contribution is -2.12. The first-order valence-electron chi connectivity index (χ1n) is 4.87. The third-order valence-corrected chi connectivity index (χ3v) is 3.05. The van der Waals surface area contributed by atoms with E-state index in [1.807, 2.05) is 6.07 Å². The molecule has 3 heteroatoms. The lowest BCUT2D eigenvalue weighted by atomic mass is 10.1. The van der Waals surface area contributed by atoms with E-state index in [0.717, 1.165) is 16.8 Å². The summed E-state index contributed by atoms with van der Waals surface area (Å²) >= 11 is 3.49. The maximum absolute atomic E-state index is 5.24. The fourth-order valence-corrected chi connectivity index (χ4v) is 2.36. The van der Waals surface area contributed by atoms with Gasteiger partial charge < -0.3 is 10.1 Å². The van der Waals surface area contributed by atoms with Crippen LogP contribution in [0.25, 0.3) is 0 Å². The van der Waals surface area contributed by atoms with Crippen molar-refractivity contribution >= 4 is 15.9 Å². The van der Waals surface area contributed by atoms with Gasteiger partial charge in [0.15, 0.2) is 0 Å². The zero-order valence-corrected chi connectivity index (χ0v) is 9.80. The SMILES string of the molecule is COc1cc(Br)cc([C@H]2CCCN2)c1. The molecule has 0 saturated carbocycles. The summed E-state index contributed by atoms with van der Waals surface area (Å²) in [6.07, 6.45) is 2.49. The Morgan fingerprint density at radius 3 is 2.93 bits per heavy atom. The third kappa shape index (κ3) is 2.10. The van der Waals surface area contributed by atoms with Gasteiger partial charge in [-0.15, -0.1) is 0 Å². The van der Waals surface area contributed by atoms with Crippen molar-refractivity contribution in [1.82, 2.24) is 5.32 Å². The highest BCUT2D eigenvalue weighted by Crippen LogP contribution is 2.29. The minimum Gasteiger partial charge on any atom is -0.497 e. The highest BCUT2D eigenvalue weighted by Gasteiger charge is 2.16. The Kier molecular flexibility index (Phi) is 3.08. The number of methoxy groups -OCH3 is 1. The van der Waals surface area contributed by atoms with Crippen LogP contribution in [-0.2, 0) is 0 Å². The van der Waals surface area contributed by atoms with E-state index < -0.39 is 0 Å². The van der Waals surface area contributed by atoms with Crippen molar-refractivity contribution in [3.05, 3.63) is 28.2 Å². The van der Waals surface area contributed by atoms with Crippen molar-refractivity contribution in [2.24, 2.45) is 0 Å². The second-order valence-electron chi connectivity index (χ2n) is 3.57. The molecule has 1 fully saturated rings. The van der Waals surface area contributed by atoms with E-state index in [1.54, 1.807) is 7.11 Å². The predicted octanol–water partition coefficient (Wildman–Crippen LogP) is 2.88. The van der Waals surface area contributed by atoms with E-state index in [1.165, 1.54) is 18.4 Å². The van der Waals surface area contributed by atoms with Crippen LogP contribution in [0.15, 0.2) is 22.7 Å². The molecule has 1 aliphatic heterocycles. The Hall–Kier alpha value is -0.540. The first-order chi connectivity index (χ1) is 6.79. The highest BCUT2D eigenvalue weighted by molar-refractivity contribution is 9.10. The summed E-state index contributed by atoms with van der Waals surface area (Å²) in [5.41, 5.74) is 1.31. The zero-order valence-electron chi connectivity index (χ0n) is 8.22. The van der Waals surface area contributed by atoms with Gasteiger partial charge in [-0.3, -0.25) is 0 Å². The molecule has 1 aliphatic rings. The maximum atomic E-state index is 5.24. The Morgan fingerprint density at radius 2 is 2.29 bits per heavy atom. The molecule has 76 valence electrons. The van der Waals surface area contributed by atoms with Gasteiger partial charge in [0.25, 0.3) is 0 Å². The van der Waals surface area contributed by atoms with Gasteiger partial charge in [-0.25, -0.2) is 0 Å². The zero-order chi connectivity index (χ0) is 9.97. The summed E-state index contributed by atoms with van der Waals surface area (Å²) in [6, 6.07) is 6.75. The quantitative estimate of drug-likeness (QED) is 0.878. The normalized spacial score (nSPS) is 21.1. The van der Waals surface area contributed by atoms with Crippen LogP contribution in [0, 0.1) is 0 Å². The molecule has 0 aliphatic carbocycles. The Labute approximate surface area is 92.8 Å². The summed E-state index contributed by atoms with van der Waals surface area (Å²) in [7, 11) is 1.70. The smallest absolute Gasteiger partial charge is 0.120 e. The van der Waals surface area contributed by atoms with E-state index in [0.29, 0.717) is 6.04 Å². The monoisotopic (exact) mass is 255 g/mol. The lowest BCUT2D eigenvalue weighted by molar-refractivity contribution is 0.413. The van der Waals surface area contributed by atoms with Gasteiger partial charge in [0.05, 0.1) is 7.11 Å². The number of hydrogen-bond donors (Lipinski definition) is 1. The van der Waals surface area contributed by atoms with E-state index in [2.05, 4.69) is 33.4 Å². The van der Waals surface area contributed by atoms with Gasteiger partial charge >= 0.3 is 0 Å². The molecule has 1 atom stereocenters. The van der Waals surface area contributed by atoms with Crippen molar-refractivity contribution in [1.29, 1.82) is 0 Å². The molecule has 1 saturated heterocycles. The standard InChI is InChI=1S/C11H14BrNO/c1-14-10-6-8(5-9(12)7-10)11-3-2-4-13-11/h5-7,11,13H,2-4H2,1H3/t11-/m1/s1. The topological polar surface area (TPSA) is 21.3 Å². The van der Waals surface area contributed by atoms with E-state index in [9.17, 15) is 0 Å². The van der Waals surface area contributed by atoms with Crippen LogP contribution in [-0.4, -0.2) is 13.7 Å². The Balaban J connectivity index is 2.27. The van der Waals surface area contributed by atoms with Gasteiger partial charge in [0, 0.05) is 10.5 Å². The molecule has 14 heavy (non-hydrogen) atoms. The lowest BCUT2D eigenvalue weighted by Gasteiger charge is -2.12. The summed E-state index contributed by atoms with van der Waals surface area (Å²) in [5, 5.41) is 3.48. The average molecular weight is 256 g/mol. The first-order valence-corrected chi connectivity index (χ1v) is 5.67. The summed E-state index contributed by atoms with van der Waals surface area (Å²) in [5.74, 6) is 0.920. The van der Waals surface area contributed by atoms with Gasteiger partial charge in [0.1, 0.15) is 5.75 Å². The van der Waals surface area contributed by atoms with Crippen LogP contribution in [0.5, 0.6) is 5.75 Å². The van der Waals surface area contributed by atoms with E-state index >= 15 is 0 Å². The van der Waals surface area contributed by atoms with E-state index in [4.69, 9.17) is 4.74 Å². The predicted molar refractivity (Wildman–Crippen MR) is 60.7 cm³/mol. The average Bonchev–Trinajstić information content (AvgIpc) is 2.69. The van der Waals surface area contributed by atoms with Gasteiger partial charge in [-0.2, -0.15) is 0 Å². The molecule has 0 radical (unpaired) electrons. The number of hydrogen-bond acceptors (Lipinski definition) is 2. The summed E-state index contributed by atoms with van der Waals surface area (Å²) in [6.45, 7) is 1.12. The minimum absolute atomic E-state index is 0.501. The summed E-state index contributed by atoms with van der Waals surface area (Å²) in [4.78, 5) is 0. The van der Waals surface area contributed by atoms with Crippen LogP contribution >= 0.6 is 15.9 Å². The van der Waals surface area contributed by atoms with Crippen molar-refractivity contribution in [3.8, 4) is 5.75 Å².